The second kappa shape index (κ2) is 27.0. The van der Waals surface area contributed by atoms with Crippen molar-refractivity contribution < 1.29 is 122 Å². The van der Waals surface area contributed by atoms with Crippen LogP contribution in [0.3, 0.4) is 0 Å². The molecule has 8 nitrogen and oxygen atoms in total. The Kier molecular flexibility index (Phi) is 29.7. The highest BCUT2D eigenvalue weighted by molar-refractivity contribution is 4.75. The van der Waals surface area contributed by atoms with E-state index in [1.165, 1.54) is 20.8 Å². The smallest absolute Gasteiger partial charge is 0.384 e. The first-order valence-corrected chi connectivity index (χ1v) is 14.1. The molecule has 1 saturated heterocycles. The Morgan fingerprint density at radius 3 is 1.02 bits per heavy atom. The van der Waals surface area contributed by atoms with E-state index < -0.39 is 81.2 Å². The largest absolute Gasteiger partial charge is 0.423 e. The van der Waals surface area contributed by atoms with Gasteiger partial charge in [-0.25, -0.2) is 4.39 Å². The molecule has 1 N–H and O–H groups in total. The highest BCUT2D eigenvalue weighted by atomic mass is 19.4. The molecule has 1 fully saturated rings. The fourth-order valence-corrected chi connectivity index (χ4v) is 2.35. The molecule has 0 bridgehead atoms. The molecule has 4 unspecified atom stereocenters. The number of aliphatic hydroxyl groups excluding tert-OH is 1. The summed E-state index contributed by atoms with van der Waals surface area (Å²) in [7, 11) is 0. The third kappa shape index (κ3) is 31.8. The first kappa shape index (κ1) is 57.1. The van der Waals surface area contributed by atoms with Crippen molar-refractivity contribution in [2.45, 2.75) is 121 Å². The quantitative estimate of drug-likeness (QED) is 0.163. The number of hydrogen-bond donors (Lipinski definition) is 1. The normalized spacial score (nSPS) is 16.7. The van der Waals surface area contributed by atoms with Crippen LogP contribution in [0.25, 0.3) is 0 Å². The molecule has 1 aliphatic heterocycles. The lowest BCUT2D eigenvalue weighted by Gasteiger charge is -2.24. The van der Waals surface area contributed by atoms with Crippen LogP contribution in [0.2, 0.25) is 0 Å². The Morgan fingerprint density at radius 2 is 0.865 bits per heavy atom. The summed E-state index contributed by atoms with van der Waals surface area (Å²) in [6, 6.07) is 0. The molecule has 0 saturated carbocycles. The second-order valence-electron chi connectivity index (χ2n) is 9.14. The third-order valence-electron chi connectivity index (χ3n) is 4.98. The zero-order valence-electron chi connectivity index (χ0n) is 27.7. The van der Waals surface area contributed by atoms with E-state index in [2.05, 4.69) is 33.2 Å². The van der Waals surface area contributed by atoms with E-state index in [1.54, 1.807) is 6.92 Å². The van der Waals surface area contributed by atoms with Crippen molar-refractivity contribution in [2.24, 2.45) is 0 Å². The molecule has 1 rings (SSSR count). The second-order valence-corrected chi connectivity index (χ2v) is 9.14. The first-order valence-electron chi connectivity index (χ1n) is 14.1. The van der Waals surface area contributed by atoms with Gasteiger partial charge in [-0.3, -0.25) is 0 Å². The van der Waals surface area contributed by atoms with Gasteiger partial charge in [-0.1, -0.05) is 20.8 Å². The van der Waals surface area contributed by atoms with Crippen LogP contribution in [0, 0.1) is 0 Å². The van der Waals surface area contributed by atoms with Crippen LogP contribution < -0.4 is 0 Å². The summed E-state index contributed by atoms with van der Waals surface area (Å²) in [6.07, 6.45) is -42.5. The zero-order valence-corrected chi connectivity index (χ0v) is 27.7. The molecular formula is C25H39F19O8. The number of ether oxygens (including phenoxy) is 7. The van der Waals surface area contributed by atoms with E-state index >= 15 is 0 Å². The summed E-state index contributed by atoms with van der Waals surface area (Å²) in [4.78, 5) is 0. The van der Waals surface area contributed by atoms with Crippen molar-refractivity contribution in [1.82, 2.24) is 0 Å². The van der Waals surface area contributed by atoms with Gasteiger partial charge in [0.1, 0.15) is 12.9 Å². The minimum absolute atomic E-state index is 0.0165. The van der Waals surface area contributed by atoms with Crippen molar-refractivity contribution in [3.05, 3.63) is 0 Å². The monoisotopic (exact) mass is 828 g/mol. The lowest BCUT2D eigenvalue weighted by molar-refractivity contribution is -0.343. The van der Waals surface area contributed by atoms with Crippen molar-refractivity contribution in [2.75, 3.05) is 40.6 Å². The minimum Gasteiger partial charge on any atom is -0.384 e. The van der Waals surface area contributed by atoms with Gasteiger partial charge in [0.2, 0.25) is 0 Å². The van der Waals surface area contributed by atoms with Crippen molar-refractivity contribution in [1.29, 1.82) is 0 Å². The van der Waals surface area contributed by atoms with Crippen LogP contribution in [0.15, 0.2) is 0 Å². The van der Waals surface area contributed by atoms with Gasteiger partial charge < -0.3 is 38.3 Å². The van der Waals surface area contributed by atoms with Gasteiger partial charge in [0.05, 0.1) is 0 Å². The van der Waals surface area contributed by atoms with Gasteiger partial charge in [-0.05, 0) is 33.1 Å². The highest BCUT2D eigenvalue weighted by Gasteiger charge is 2.58. The molecule has 0 aliphatic carbocycles. The summed E-state index contributed by atoms with van der Waals surface area (Å²) < 4.78 is 251. The maximum atomic E-state index is 11.9. The van der Waals surface area contributed by atoms with E-state index in [0.717, 1.165) is 0 Å². The Morgan fingerprint density at radius 1 is 0.500 bits per heavy atom. The fourth-order valence-electron chi connectivity index (χ4n) is 2.35. The van der Waals surface area contributed by atoms with Crippen LogP contribution in [-0.4, -0.2) is 113 Å². The Bertz CT molecular complexity index is 778. The average molecular weight is 829 g/mol. The lowest BCUT2D eigenvalue weighted by atomic mass is 10.3. The van der Waals surface area contributed by atoms with Gasteiger partial charge >= 0.3 is 37.1 Å². The van der Waals surface area contributed by atoms with Crippen LogP contribution >= 0.6 is 0 Å². The summed E-state index contributed by atoms with van der Waals surface area (Å²) in [5.74, 6) is 0. The van der Waals surface area contributed by atoms with Crippen LogP contribution in [0.1, 0.15) is 53.9 Å². The number of rotatable bonds is 11. The third-order valence-corrected chi connectivity index (χ3v) is 4.98. The molecule has 0 amide bonds. The van der Waals surface area contributed by atoms with Gasteiger partial charge in [-0.2, -0.15) is 79.0 Å². The van der Waals surface area contributed by atoms with Gasteiger partial charge in [0, 0.05) is 6.61 Å². The average Bonchev–Trinajstić information content (AvgIpc) is 2.99. The molecule has 4 atom stereocenters. The van der Waals surface area contributed by atoms with E-state index in [4.69, 9.17) is 5.11 Å². The topological polar surface area (TPSA) is 84.8 Å². The summed E-state index contributed by atoms with van der Waals surface area (Å²) in [6.45, 7) is 4.04. The first-order chi connectivity index (χ1) is 23.3. The van der Waals surface area contributed by atoms with E-state index in [-0.39, 0.29) is 25.9 Å². The van der Waals surface area contributed by atoms with Crippen molar-refractivity contribution >= 4 is 0 Å². The minimum atomic E-state index is -5.79. The standard InChI is InChI=1S/C7H7F9O2.C6H11F3O.C5H8F4O.C4H7F3O.C3H6O3/c1-3(5(8,9)10)17-2-18-4(6(11,12)13)7(14,15)16;1-3-5(10-4-2)6(7,8)9;1-2-4(10-3-6)5(7,8)9;1-2-3(8)4(5,6)7;1-4-2-6-3-5-1/h3-4H,2H2,1H3;5H,3-4H2,1-2H3;4H,2-3H2,1H3;3,8H,2H2,1H3;1-3H2. The molecular weight excluding hydrogens is 789 g/mol. The maximum Gasteiger partial charge on any atom is 0.423 e. The van der Waals surface area contributed by atoms with E-state index in [0.29, 0.717) is 27.3 Å². The molecule has 0 aromatic heterocycles. The number of alkyl halides is 19. The van der Waals surface area contributed by atoms with Gasteiger partial charge in [0.25, 0.3) is 6.10 Å². The molecule has 1 aliphatic rings. The summed E-state index contributed by atoms with van der Waals surface area (Å²) in [5, 5.41) is 8.07. The molecule has 1 heterocycles. The van der Waals surface area contributed by atoms with E-state index in [1.807, 2.05) is 0 Å². The molecule has 0 aromatic carbocycles. The summed E-state index contributed by atoms with van der Waals surface area (Å²) in [5.41, 5.74) is 0. The molecule has 0 radical (unpaired) electrons. The summed E-state index contributed by atoms with van der Waals surface area (Å²) >= 11 is 0. The molecule has 27 heteroatoms. The number of hydrogen-bond acceptors (Lipinski definition) is 8. The van der Waals surface area contributed by atoms with Crippen molar-refractivity contribution in [3.8, 4) is 0 Å². The van der Waals surface area contributed by atoms with Gasteiger partial charge in [0.15, 0.2) is 45.6 Å². The highest BCUT2D eigenvalue weighted by Crippen LogP contribution is 2.36. The zero-order chi connectivity index (χ0) is 42.2. The van der Waals surface area contributed by atoms with Crippen LogP contribution in [0.4, 0.5) is 83.4 Å². The fraction of sp³-hybridized carbons (Fsp3) is 1.00. The molecule has 320 valence electrons. The van der Waals surface area contributed by atoms with Crippen molar-refractivity contribution in [3.63, 3.8) is 0 Å². The Hall–Kier alpha value is -1.65. The SMILES string of the molecule is C1OCOCO1.CC(OCOC(C(F)(F)F)C(F)(F)F)C(F)(F)F.CCC(O)C(F)(F)F.CCC(OCF)C(F)(F)F.CCOC(CC)C(F)(F)F. The molecule has 52 heavy (non-hydrogen) atoms. The number of aliphatic hydroxyl groups is 1. The van der Waals surface area contributed by atoms with Crippen LogP contribution in [0.5, 0.6) is 0 Å². The lowest BCUT2D eigenvalue weighted by Crippen LogP contribution is -2.45. The molecule has 0 spiro atoms. The van der Waals surface area contributed by atoms with Gasteiger partial charge in [-0.15, -0.1) is 0 Å². The Labute approximate surface area is 284 Å². The van der Waals surface area contributed by atoms with E-state index in [9.17, 15) is 83.4 Å². The maximum absolute atomic E-state index is 11.9. The predicted octanol–water partition coefficient (Wildman–Crippen LogP) is 9.30. The predicted molar refractivity (Wildman–Crippen MR) is 138 cm³/mol. The molecule has 0 aromatic rings. The number of halogens is 19. The Balaban J connectivity index is -0.000000292. The van der Waals surface area contributed by atoms with Crippen LogP contribution in [-0.2, 0) is 33.2 Å².